The Kier molecular flexibility index (Phi) is 5.61. The van der Waals surface area contributed by atoms with Crippen LogP contribution >= 0.6 is 11.3 Å². The summed E-state index contributed by atoms with van der Waals surface area (Å²) in [5.74, 6) is 4.93. The summed E-state index contributed by atoms with van der Waals surface area (Å²) in [5, 5.41) is 0. The van der Waals surface area contributed by atoms with Crippen molar-refractivity contribution in [2.45, 2.75) is 33.7 Å². The number of nitrogens with one attached hydrogen (secondary N) is 1. The summed E-state index contributed by atoms with van der Waals surface area (Å²) in [6.07, 6.45) is 1.15. The minimum Gasteiger partial charge on any atom is -0.299 e. The summed E-state index contributed by atoms with van der Waals surface area (Å²) in [4.78, 5) is 15.7. The van der Waals surface area contributed by atoms with Crippen molar-refractivity contribution < 1.29 is 4.79 Å². The maximum atomic E-state index is 11.4. The van der Waals surface area contributed by atoms with Crippen molar-refractivity contribution in [3.63, 3.8) is 0 Å². The molecule has 1 rings (SSSR count). The van der Waals surface area contributed by atoms with E-state index in [9.17, 15) is 4.79 Å². The van der Waals surface area contributed by atoms with E-state index in [0.717, 1.165) is 26.1 Å². The lowest BCUT2D eigenvalue weighted by Gasteiger charge is -2.19. The van der Waals surface area contributed by atoms with Gasteiger partial charge in [0.05, 0.1) is 4.88 Å². The predicted molar refractivity (Wildman–Crippen MR) is 72.0 cm³/mol. The molecule has 0 aliphatic carbocycles. The van der Waals surface area contributed by atoms with Crippen molar-refractivity contribution in [2.24, 2.45) is 5.84 Å². The summed E-state index contributed by atoms with van der Waals surface area (Å²) in [5.41, 5.74) is 3.40. The van der Waals surface area contributed by atoms with Crippen LogP contribution in [0.15, 0.2) is 6.07 Å². The molecule has 0 aliphatic heterocycles. The van der Waals surface area contributed by atoms with Gasteiger partial charge < -0.3 is 0 Å². The highest BCUT2D eigenvalue weighted by Crippen LogP contribution is 2.22. The van der Waals surface area contributed by atoms with Gasteiger partial charge in [-0.05, 0) is 38.1 Å². The quantitative estimate of drug-likeness (QED) is 0.463. The third kappa shape index (κ3) is 3.80. The molecule has 0 aliphatic rings. The van der Waals surface area contributed by atoms with Crippen LogP contribution in [0.1, 0.15) is 40.4 Å². The van der Waals surface area contributed by atoms with Crippen molar-refractivity contribution >= 4 is 17.2 Å². The molecule has 1 amide bonds. The fraction of sp³-hybridized carbons (Fsp3) is 0.583. The van der Waals surface area contributed by atoms with Crippen LogP contribution < -0.4 is 11.3 Å². The van der Waals surface area contributed by atoms with Crippen molar-refractivity contribution in [1.29, 1.82) is 0 Å². The molecule has 0 aromatic carbocycles. The summed E-state index contributed by atoms with van der Waals surface area (Å²) < 4.78 is 0. The second-order valence-electron chi connectivity index (χ2n) is 4.03. The predicted octanol–water partition coefficient (Wildman–Crippen LogP) is 1.89. The number of hydrazine groups is 1. The van der Waals surface area contributed by atoms with Crippen LogP contribution in [0.4, 0.5) is 0 Å². The third-order valence-electron chi connectivity index (χ3n) is 2.76. The zero-order chi connectivity index (χ0) is 12.8. The van der Waals surface area contributed by atoms with Crippen molar-refractivity contribution in [1.82, 2.24) is 10.3 Å². The van der Waals surface area contributed by atoms with Gasteiger partial charge in [-0.3, -0.25) is 15.1 Å². The number of amides is 1. The summed E-state index contributed by atoms with van der Waals surface area (Å²) >= 11 is 1.50. The van der Waals surface area contributed by atoms with Gasteiger partial charge in [0.15, 0.2) is 0 Å². The van der Waals surface area contributed by atoms with E-state index in [1.54, 1.807) is 0 Å². The summed E-state index contributed by atoms with van der Waals surface area (Å²) in [7, 11) is 0. The third-order valence-corrected chi connectivity index (χ3v) is 3.85. The number of thiophene rings is 1. The number of rotatable bonds is 6. The number of carbonyl (C=O) groups is 1. The topological polar surface area (TPSA) is 58.4 Å². The Morgan fingerprint density at radius 3 is 2.76 bits per heavy atom. The van der Waals surface area contributed by atoms with Crippen LogP contribution in [0.3, 0.4) is 0 Å². The van der Waals surface area contributed by atoms with Crippen LogP contribution in [0.2, 0.25) is 0 Å². The molecule has 0 spiro atoms. The van der Waals surface area contributed by atoms with Crippen molar-refractivity contribution in [3.8, 4) is 0 Å². The Balaban J connectivity index is 2.77. The first-order chi connectivity index (χ1) is 8.12. The first-order valence-corrected chi connectivity index (χ1v) is 6.76. The first kappa shape index (κ1) is 14.2. The van der Waals surface area contributed by atoms with E-state index >= 15 is 0 Å². The number of nitrogens with two attached hydrogens (primary N) is 1. The van der Waals surface area contributed by atoms with E-state index < -0.39 is 0 Å². The van der Waals surface area contributed by atoms with Gasteiger partial charge in [0, 0.05) is 11.4 Å². The number of aryl methyl sites for hydroxylation is 1. The molecular formula is C12H21N3OS. The second-order valence-corrected chi connectivity index (χ2v) is 5.29. The van der Waals surface area contributed by atoms with E-state index in [4.69, 9.17) is 5.84 Å². The van der Waals surface area contributed by atoms with E-state index in [-0.39, 0.29) is 5.91 Å². The summed E-state index contributed by atoms with van der Waals surface area (Å²) in [6, 6.07) is 1.94. The molecule has 3 N–H and O–H groups in total. The molecule has 0 unspecified atom stereocenters. The molecule has 0 saturated heterocycles. The second kappa shape index (κ2) is 6.74. The number of hydrogen-bond donors (Lipinski definition) is 2. The van der Waals surface area contributed by atoms with E-state index in [1.807, 2.05) is 13.0 Å². The standard InChI is InChI=1S/C12H21N3OS/c1-4-6-15(5-2)8-10-7-11(12(16)14-13)17-9(10)3/h7H,4-6,8,13H2,1-3H3,(H,14,16). The molecule has 96 valence electrons. The summed E-state index contributed by atoms with van der Waals surface area (Å²) in [6.45, 7) is 9.41. The smallest absolute Gasteiger partial charge is 0.275 e. The van der Waals surface area contributed by atoms with E-state index in [1.165, 1.54) is 21.8 Å². The lowest BCUT2D eigenvalue weighted by molar-refractivity contribution is 0.0957. The van der Waals surface area contributed by atoms with Gasteiger partial charge >= 0.3 is 0 Å². The highest BCUT2D eigenvalue weighted by atomic mass is 32.1. The molecule has 1 aromatic rings. The highest BCUT2D eigenvalue weighted by Gasteiger charge is 2.13. The van der Waals surface area contributed by atoms with Gasteiger partial charge in [0.2, 0.25) is 0 Å². The molecule has 5 heteroatoms. The largest absolute Gasteiger partial charge is 0.299 e. The number of carbonyl (C=O) groups excluding carboxylic acids is 1. The molecule has 0 bridgehead atoms. The fourth-order valence-electron chi connectivity index (χ4n) is 1.77. The van der Waals surface area contributed by atoms with Gasteiger partial charge in [-0.15, -0.1) is 11.3 Å². The van der Waals surface area contributed by atoms with Crippen LogP contribution in [0.25, 0.3) is 0 Å². The van der Waals surface area contributed by atoms with Crippen molar-refractivity contribution in [2.75, 3.05) is 13.1 Å². The molecule has 0 saturated carbocycles. The van der Waals surface area contributed by atoms with E-state index in [2.05, 4.69) is 24.2 Å². The maximum absolute atomic E-state index is 11.4. The first-order valence-electron chi connectivity index (χ1n) is 5.94. The monoisotopic (exact) mass is 255 g/mol. The van der Waals surface area contributed by atoms with Gasteiger partial charge in [0.1, 0.15) is 0 Å². The van der Waals surface area contributed by atoms with E-state index in [0.29, 0.717) is 4.88 Å². The lowest BCUT2D eigenvalue weighted by atomic mass is 10.2. The van der Waals surface area contributed by atoms with Gasteiger partial charge in [-0.1, -0.05) is 13.8 Å². The van der Waals surface area contributed by atoms with Crippen LogP contribution in [-0.2, 0) is 6.54 Å². The zero-order valence-corrected chi connectivity index (χ0v) is 11.6. The molecule has 0 fully saturated rings. The molecule has 4 nitrogen and oxygen atoms in total. The number of nitrogen functional groups attached to an aromatic ring is 1. The van der Waals surface area contributed by atoms with Crippen LogP contribution in [-0.4, -0.2) is 23.9 Å². The Morgan fingerprint density at radius 2 is 2.24 bits per heavy atom. The average molecular weight is 255 g/mol. The zero-order valence-electron chi connectivity index (χ0n) is 10.7. The van der Waals surface area contributed by atoms with Gasteiger partial charge in [-0.25, -0.2) is 5.84 Å². The lowest BCUT2D eigenvalue weighted by Crippen LogP contribution is -2.29. The molecule has 0 atom stereocenters. The molecule has 0 radical (unpaired) electrons. The molecule has 1 heterocycles. The maximum Gasteiger partial charge on any atom is 0.275 e. The van der Waals surface area contributed by atoms with Crippen LogP contribution in [0, 0.1) is 6.92 Å². The van der Waals surface area contributed by atoms with Crippen LogP contribution in [0.5, 0.6) is 0 Å². The minimum absolute atomic E-state index is 0.206. The van der Waals surface area contributed by atoms with Gasteiger partial charge in [-0.2, -0.15) is 0 Å². The molecule has 1 aromatic heterocycles. The minimum atomic E-state index is -0.206. The Bertz CT molecular complexity index is 376. The Morgan fingerprint density at radius 1 is 1.53 bits per heavy atom. The highest BCUT2D eigenvalue weighted by molar-refractivity contribution is 7.14. The number of hydrogen-bond acceptors (Lipinski definition) is 4. The van der Waals surface area contributed by atoms with Crippen molar-refractivity contribution in [3.05, 3.63) is 21.4 Å². The van der Waals surface area contributed by atoms with Gasteiger partial charge in [0.25, 0.3) is 5.91 Å². The number of nitrogens with zero attached hydrogens (tertiary/aromatic N) is 1. The molecular weight excluding hydrogens is 234 g/mol. The average Bonchev–Trinajstić information content (AvgIpc) is 2.69. The molecule has 17 heavy (non-hydrogen) atoms. The Hall–Kier alpha value is -0.910. The fourth-order valence-corrected chi connectivity index (χ4v) is 2.70. The normalized spacial score (nSPS) is 10.9. The SMILES string of the molecule is CCCN(CC)Cc1cc(C(=O)NN)sc1C. The Labute approximate surface area is 107 Å².